The summed E-state index contributed by atoms with van der Waals surface area (Å²) in [7, 11) is 0. The smallest absolute Gasteiger partial charge is 0.320 e. The fourth-order valence-electron chi connectivity index (χ4n) is 3.34. The van der Waals surface area contributed by atoms with Gasteiger partial charge in [-0.1, -0.05) is 6.07 Å². The number of piperazine rings is 1. The Morgan fingerprint density at radius 3 is 2.58 bits per heavy atom. The fourth-order valence-corrected chi connectivity index (χ4v) is 3.99. The number of urea groups is 1. The topological polar surface area (TPSA) is 62.1 Å². The maximum Gasteiger partial charge on any atom is 0.320 e. The minimum atomic E-state index is 0.144. The van der Waals surface area contributed by atoms with E-state index in [1.165, 1.54) is 0 Å². The predicted octanol–water partition coefficient (Wildman–Crippen LogP) is 2.28. The SMILES string of the molecule is Cc1oc(-c2cccs2)nc1CN1CCN(C(=O)N2CCOCC2)CC1. The van der Waals surface area contributed by atoms with Crippen LogP contribution in [0, 0.1) is 6.92 Å². The van der Waals surface area contributed by atoms with Crippen molar-refractivity contribution in [3.8, 4) is 10.8 Å². The van der Waals surface area contributed by atoms with E-state index in [4.69, 9.17) is 9.15 Å². The highest BCUT2D eigenvalue weighted by atomic mass is 32.1. The average molecular weight is 376 g/mol. The third-order valence-corrected chi connectivity index (χ3v) is 5.78. The highest BCUT2D eigenvalue weighted by Crippen LogP contribution is 2.26. The van der Waals surface area contributed by atoms with Crippen molar-refractivity contribution in [2.75, 3.05) is 52.5 Å². The average Bonchev–Trinajstić information content (AvgIpc) is 3.33. The Kier molecular flexibility index (Phi) is 5.23. The normalized spacial score (nSPS) is 19.1. The van der Waals surface area contributed by atoms with Crippen molar-refractivity contribution in [3.05, 3.63) is 29.0 Å². The van der Waals surface area contributed by atoms with Gasteiger partial charge in [-0.05, 0) is 18.4 Å². The van der Waals surface area contributed by atoms with E-state index in [9.17, 15) is 4.79 Å². The maximum absolute atomic E-state index is 12.6. The summed E-state index contributed by atoms with van der Waals surface area (Å²) in [6.45, 7) is 8.64. The van der Waals surface area contributed by atoms with E-state index < -0.39 is 0 Å². The number of hydrogen-bond donors (Lipinski definition) is 0. The Hall–Kier alpha value is -1.90. The molecule has 0 radical (unpaired) electrons. The molecule has 0 saturated carbocycles. The lowest BCUT2D eigenvalue weighted by atomic mass is 10.2. The summed E-state index contributed by atoms with van der Waals surface area (Å²) < 4.78 is 11.2. The molecule has 0 aliphatic carbocycles. The highest BCUT2D eigenvalue weighted by molar-refractivity contribution is 7.13. The van der Waals surface area contributed by atoms with Crippen LogP contribution in [0.1, 0.15) is 11.5 Å². The van der Waals surface area contributed by atoms with Crippen LogP contribution >= 0.6 is 11.3 Å². The zero-order valence-corrected chi connectivity index (χ0v) is 15.8. The first-order valence-corrected chi connectivity index (χ1v) is 9.93. The molecule has 2 aromatic heterocycles. The van der Waals surface area contributed by atoms with Gasteiger partial charge in [0.1, 0.15) is 5.76 Å². The van der Waals surface area contributed by atoms with Crippen LogP contribution in [0.4, 0.5) is 4.79 Å². The molecule has 0 atom stereocenters. The van der Waals surface area contributed by atoms with E-state index in [2.05, 4.69) is 9.88 Å². The Labute approximate surface area is 157 Å². The Balaban J connectivity index is 1.32. The number of nitrogens with zero attached hydrogens (tertiary/aromatic N) is 4. The second kappa shape index (κ2) is 7.77. The van der Waals surface area contributed by atoms with Crippen molar-refractivity contribution in [3.63, 3.8) is 0 Å². The van der Waals surface area contributed by atoms with Gasteiger partial charge in [0.2, 0.25) is 5.89 Å². The van der Waals surface area contributed by atoms with Crippen molar-refractivity contribution in [2.45, 2.75) is 13.5 Å². The van der Waals surface area contributed by atoms with Crippen molar-refractivity contribution in [1.82, 2.24) is 19.7 Å². The molecule has 0 spiro atoms. The molecule has 0 unspecified atom stereocenters. The Bertz CT molecular complexity index is 732. The van der Waals surface area contributed by atoms with Gasteiger partial charge in [0.05, 0.1) is 23.8 Å². The molecule has 4 rings (SSSR count). The van der Waals surface area contributed by atoms with E-state index in [-0.39, 0.29) is 6.03 Å². The van der Waals surface area contributed by atoms with Crippen LogP contribution in [0.5, 0.6) is 0 Å². The van der Waals surface area contributed by atoms with Gasteiger partial charge in [-0.25, -0.2) is 9.78 Å². The third kappa shape index (κ3) is 3.77. The second-order valence-electron chi connectivity index (χ2n) is 6.64. The molecule has 2 amide bonds. The number of carbonyl (C=O) groups excluding carboxylic acids is 1. The number of rotatable bonds is 3. The van der Waals surface area contributed by atoms with Crippen LogP contribution in [-0.4, -0.2) is 78.2 Å². The van der Waals surface area contributed by atoms with Gasteiger partial charge >= 0.3 is 6.03 Å². The highest BCUT2D eigenvalue weighted by Gasteiger charge is 2.27. The van der Waals surface area contributed by atoms with Crippen LogP contribution in [0.25, 0.3) is 10.8 Å². The van der Waals surface area contributed by atoms with E-state index in [1.807, 2.05) is 34.2 Å². The summed E-state index contributed by atoms with van der Waals surface area (Å²) in [5, 5.41) is 2.03. The molecule has 2 aromatic rings. The molecule has 4 heterocycles. The molecular weight excluding hydrogens is 352 g/mol. The molecule has 140 valence electrons. The van der Waals surface area contributed by atoms with Crippen LogP contribution in [0.2, 0.25) is 0 Å². The van der Waals surface area contributed by atoms with Gasteiger partial charge in [0.25, 0.3) is 0 Å². The molecule has 26 heavy (non-hydrogen) atoms. The first kappa shape index (κ1) is 17.5. The standard InChI is InChI=1S/C18H24N4O3S/c1-14-15(19-17(25-14)16-3-2-12-26-16)13-20-4-6-21(7-5-20)18(23)22-8-10-24-11-9-22/h2-3,12H,4-11,13H2,1H3. The van der Waals surface area contributed by atoms with E-state index in [1.54, 1.807) is 11.3 Å². The quantitative estimate of drug-likeness (QED) is 0.822. The number of oxazole rings is 1. The second-order valence-corrected chi connectivity index (χ2v) is 7.59. The lowest BCUT2D eigenvalue weighted by Crippen LogP contribution is -2.54. The van der Waals surface area contributed by atoms with E-state index in [0.717, 1.165) is 49.1 Å². The summed E-state index contributed by atoms with van der Waals surface area (Å²) in [6, 6.07) is 4.17. The number of aromatic nitrogens is 1. The van der Waals surface area contributed by atoms with Crippen LogP contribution in [0.15, 0.2) is 21.9 Å². The van der Waals surface area contributed by atoms with Gasteiger partial charge in [-0.2, -0.15) is 0 Å². The number of aryl methyl sites for hydroxylation is 1. The Morgan fingerprint density at radius 1 is 1.15 bits per heavy atom. The van der Waals surface area contributed by atoms with Gasteiger partial charge in [0, 0.05) is 45.8 Å². The van der Waals surface area contributed by atoms with Crippen LogP contribution in [-0.2, 0) is 11.3 Å². The van der Waals surface area contributed by atoms with Crippen molar-refractivity contribution >= 4 is 17.4 Å². The number of morpholine rings is 1. The third-order valence-electron chi connectivity index (χ3n) is 4.92. The molecule has 0 bridgehead atoms. The molecule has 2 saturated heterocycles. The molecule has 8 heteroatoms. The lowest BCUT2D eigenvalue weighted by Gasteiger charge is -2.38. The molecular formula is C18H24N4O3S. The maximum atomic E-state index is 12.6. The Morgan fingerprint density at radius 2 is 1.88 bits per heavy atom. The number of ether oxygens (including phenoxy) is 1. The monoisotopic (exact) mass is 376 g/mol. The summed E-state index contributed by atoms with van der Waals surface area (Å²) >= 11 is 1.63. The van der Waals surface area contributed by atoms with Gasteiger partial charge in [-0.3, -0.25) is 4.90 Å². The fraction of sp³-hybridized carbons (Fsp3) is 0.556. The first-order chi connectivity index (χ1) is 12.7. The van der Waals surface area contributed by atoms with Crippen molar-refractivity contribution < 1.29 is 13.9 Å². The number of thiophene rings is 1. The molecule has 2 fully saturated rings. The number of carbonyl (C=O) groups is 1. The molecule has 2 aliphatic heterocycles. The largest absolute Gasteiger partial charge is 0.440 e. The van der Waals surface area contributed by atoms with Gasteiger partial charge in [0.15, 0.2) is 0 Å². The van der Waals surface area contributed by atoms with E-state index in [0.29, 0.717) is 32.2 Å². The van der Waals surface area contributed by atoms with E-state index >= 15 is 0 Å². The summed E-state index contributed by atoms with van der Waals surface area (Å²) in [6.07, 6.45) is 0. The zero-order valence-electron chi connectivity index (χ0n) is 15.0. The predicted molar refractivity (Wildman–Crippen MR) is 99.2 cm³/mol. The van der Waals surface area contributed by atoms with Crippen LogP contribution in [0.3, 0.4) is 0 Å². The van der Waals surface area contributed by atoms with Crippen molar-refractivity contribution in [2.24, 2.45) is 0 Å². The van der Waals surface area contributed by atoms with Crippen LogP contribution < -0.4 is 0 Å². The lowest BCUT2D eigenvalue weighted by molar-refractivity contribution is 0.0372. The van der Waals surface area contributed by atoms with Gasteiger partial charge < -0.3 is 19.0 Å². The molecule has 2 aliphatic rings. The number of hydrogen-bond acceptors (Lipinski definition) is 6. The first-order valence-electron chi connectivity index (χ1n) is 9.05. The van der Waals surface area contributed by atoms with Crippen molar-refractivity contribution in [1.29, 1.82) is 0 Å². The molecule has 7 nitrogen and oxygen atoms in total. The van der Waals surface area contributed by atoms with Gasteiger partial charge in [-0.15, -0.1) is 11.3 Å². The summed E-state index contributed by atoms with van der Waals surface area (Å²) in [4.78, 5) is 24.5. The minimum absolute atomic E-state index is 0.144. The minimum Gasteiger partial charge on any atom is -0.440 e. The molecule has 0 N–H and O–H groups in total. The molecule has 0 aromatic carbocycles. The summed E-state index contributed by atoms with van der Waals surface area (Å²) in [5.74, 6) is 1.58. The summed E-state index contributed by atoms with van der Waals surface area (Å²) in [5.41, 5.74) is 0.987. The number of amides is 2. The zero-order chi connectivity index (χ0) is 17.9.